The highest BCUT2D eigenvalue weighted by Crippen LogP contribution is 2.24. The summed E-state index contributed by atoms with van der Waals surface area (Å²) < 4.78 is 1.79. The van der Waals surface area contributed by atoms with Crippen LogP contribution in [0.15, 0.2) is 40.9 Å². The zero-order chi connectivity index (χ0) is 15.6. The monoisotopic (exact) mass is 497 g/mol. The number of hydrogen-bond acceptors (Lipinski definition) is 1. The molecule has 0 bridgehead atoms. The Morgan fingerprint density at radius 2 is 1.95 bits per heavy atom. The van der Waals surface area contributed by atoms with Crippen molar-refractivity contribution in [1.29, 1.82) is 0 Å². The van der Waals surface area contributed by atoms with Crippen molar-refractivity contribution in [2.24, 2.45) is 0 Å². The summed E-state index contributed by atoms with van der Waals surface area (Å²) in [6.07, 6.45) is 0. The molecule has 0 atom stereocenters. The summed E-state index contributed by atoms with van der Waals surface area (Å²) in [6, 6.07) is 10.9. The lowest BCUT2D eigenvalue weighted by Gasteiger charge is -2.19. The second-order valence-corrected chi connectivity index (χ2v) is 7.46. The van der Waals surface area contributed by atoms with Gasteiger partial charge in [0.2, 0.25) is 0 Å². The Labute approximate surface area is 155 Å². The number of nitrogens with zero attached hydrogens (tertiary/aromatic N) is 1. The minimum atomic E-state index is -0.0635. The van der Waals surface area contributed by atoms with Gasteiger partial charge in [0, 0.05) is 31.7 Å². The molecule has 0 aliphatic heterocycles. The summed E-state index contributed by atoms with van der Waals surface area (Å²) in [5.41, 5.74) is 1.49. The van der Waals surface area contributed by atoms with Gasteiger partial charge in [-0.15, -0.1) is 0 Å². The molecule has 0 saturated carbocycles. The second-order valence-electron chi connectivity index (χ2n) is 4.52. The normalized spacial score (nSPS) is 10.5. The number of benzene rings is 2. The summed E-state index contributed by atoms with van der Waals surface area (Å²) in [7, 11) is 1.75. The van der Waals surface area contributed by atoms with Gasteiger partial charge in [0.25, 0.3) is 5.91 Å². The first-order valence-electron chi connectivity index (χ1n) is 6.03. The second kappa shape index (κ2) is 7.31. The SMILES string of the molecule is CN(Cc1ccc(Cl)cc1Cl)C(=O)c1cc(I)ccc1Br. The van der Waals surface area contributed by atoms with Crippen molar-refractivity contribution < 1.29 is 4.79 Å². The molecule has 0 unspecified atom stereocenters. The number of rotatable bonds is 3. The van der Waals surface area contributed by atoms with Crippen molar-refractivity contribution in [2.75, 3.05) is 7.05 Å². The number of carbonyl (C=O) groups excluding carboxylic acids is 1. The molecule has 110 valence electrons. The Balaban J connectivity index is 2.21. The van der Waals surface area contributed by atoms with Crippen LogP contribution in [0.4, 0.5) is 0 Å². The van der Waals surface area contributed by atoms with E-state index in [1.165, 1.54) is 0 Å². The Morgan fingerprint density at radius 1 is 1.24 bits per heavy atom. The van der Waals surface area contributed by atoms with E-state index < -0.39 is 0 Å². The molecule has 21 heavy (non-hydrogen) atoms. The van der Waals surface area contributed by atoms with E-state index in [0.29, 0.717) is 22.2 Å². The first kappa shape index (κ1) is 17.1. The van der Waals surface area contributed by atoms with Crippen LogP contribution in [-0.4, -0.2) is 17.9 Å². The van der Waals surface area contributed by atoms with Crippen LogP contribution in [-0.2, 0) is 6.54 Å². The molecule has 0 fully saturated rings. The molecule has 0 radical (unpaired) electrons. The van der Waals surface area contributed by atoms with Crippen molar-refractivity contribution in [3.05, 3.63) is 65.6 Å². The fourth-order valence-corrected chi connectivity index (χ4v) is 3.22. The summed E-state index contributed by atoms with van der Waals surface area (Å²) >= 11 is 17.6. The Hall–Kier alpha value is -0.300. The first-order valence-corrected chi connectivity index (χ1v) is 8.65. The molecule has 0 heterocycles. The number of halogens is 4. The molecular weight excluding hydrogens is 488 g/mol. The van der Waals surface area contributed by atoms with E-state index in [2.05, 4.69) is 38.5 Å². The molecule has 0 aliphatic rings. The molecule has 0 N–H and O–H groups in total. The molecule has 0 aliphatic carbocycles. The average molecular weight is 499 g/mol. The molecule has 0 aromatic heterocycles. The summed E-state index contributed by atoms with van der Waals surface area (Å²) in [5, 5.41) is 1.14. The highest BCUT2D eigenvalue weighted by Gasteiger charge is 2.16. The third kappa shape index (κ3) is 4.34. The van der Waals surface area contributed by atoms with Gasteiger partial charge < -0.3 is 4.90 Å². The van der Waals surface area contributed by atoms with Gasteiger partial charge in [0.1, 0.15) is 0 Å². The van der Waals surface area contributed by atoms with Crippen LogP contribution in [0.25, 0.3) is 0 Å². The van der Waals surface area contributed by atoms with Crippen LogP contribution in [0.5, 0.6) is 0 Å². The number of hydrogen-bond donors (Lipinski definition) is 0. The van der Waals surface area contributed by atoms with E-state index in [1.54, 1.807) is 24.1 Å². The molecule has 1 amide bonds. The molecule has 2 nitrogen and oxygen atoms in total. The number of amides is 1. The van der Waals surface area contributed by atoms with E-state index in [9.17, 15) is 4.79 Å². The molecule has 0 spiro atoms. The fraction of sp³-hybridized carbons (Fsp3) is 0.133. The standard InChI is InChI=1S/C15H11BrCl2INO/c1-20(8-9-2-3-10(17)6-14(9)18)15(21)12-7-11(19)4-5-13(12)16/h2-7H,8H2,1H3. The van der Waals surface area contributed by atoms with Crippen molar-refractivity contribution in [2.45, 2.75) is 6.54 Å². The van der Waals surface area contributed by atoms with Gasteiger partial charge in [0.15, 0.2) is 0 Å². The summed E-state index contributed by atoms with van der Waals surface area (Å²) in [5.74, 6) is -0.0635. The van der Waals surface area contributed by atoms with E-state index in [4.69, 9.17) is 23.2 Å². The van der Waals surface area contributed by atoms with Gasteiger partial charge in [-0.2, -0.15) is 0 Å². The highest BCUT2D eigenvalue weighted by molar-refractivity contribution is 14.1. The third-order valence-electron chi connectivity index (χ3n) is 2.93. The fourth-order valence-electron chi connectivity index (χ4n) is 1.84. The van der Waals surface area contributed by atoms with Crippen molar-refractivity contribution in [3.63, 3.8) is 0 Å². The largest absolute Gasteiger partial charge is 0.337 e. The van der Waals surface area contributed by atoms with Gasteiger partial charge in [-0.1, -0.05) is 29.3 Å². The zero-order valence-electron chi connectivity index (χ0n) is 11.0. The molecule has 0 saturated heterocycles. The minimum absolute atomic E-state index is 0.0635. The Bertz CT molecular complexity index is 693. The topological polar surface area (TPSA) is 20.3 Å². The lowest BCUT2D eigenvalue weighted by atomic mass is 10.1. The van der Waals surface area contributed by atoms with E-state index in [-0.39, 0.29) is 5.91 Å². The van der Waals surface area contributed by atoms with E-state index >= 15 is 0 Å². The zero-order valence-corrected chi connectivity index (χ0v) is 16.3. The molecule has 6 heteroatoms. The maximum atomic E-state index is 12.5. The molecule has 2 rings (SSSR count). The number of carbonyl (C=O) groups is 1. The quantitative estimate of drug-likeness (QED) is 0.502. The predicted molar refractivity (Wildman–Crippen MR) is 99.1 cm³/mol. The highest BCUT2D eigenvalue weighted by atomic mass is 127. The Kier molecular flexibility index (Phi) is 5.94. The molecular formula is C15H11BrCl2INO. The van der Waals surface area contributed by atoms with Crippen LogP contribution >= 0.6 is 61.7 Å². The summed E-state index contributed by atoms with van der Waals surface area (Å²) in [4.78, 5) is 14.2. The summed E-state index contributed by atoms with van der Waals surface area (Å²) in [6.45, 7) is 0.423. The van der Waals surface area contributed by atoms with Gasteiger partial charge >= 0.3 is 0 Å². The van der Waals surface area contributed by atoms with Gasteiger partial charge in [0.05, 0.1) is 5.56 Å². The van der Waals surface area contributed by atoms with Crippen molar-refractivity contribution >= 4 is 67.6 Å². The predicted octanol–water partition coefficient (Wildman–Crippen LogP) is 5.63. The van der Waals surface area contributed by atoms with Crippen molar-refractivity contribution in [1.82, 2.24) is 4.90 Å². The molecule has 2 aromatic carbocycles. The van der Waals surface area contributed by atoms with Gasteiger partial charge in [-0.25, -0.2) is 0 Å². The van der Waals surface area contributed by atoms with E-state index in [0.717, 1.165) is 13.6 Å². The van der Waals surface area contributed by atoms with Crippen LogP contribution in [0.2, 0.25) is 10.0 Å². The maximum Gasteiger partial charge on any atom is 0.255 e. The first-order chi connectivity index (χ1) is 9.88. The van der Waals surface area contributed by atoms with Crippen LogP contribution in [0.3, 0.4) is 0 Å². The van der Waals surface area contributed by atoms with Crippen LogP contribution in [0.1, 0.15) is 15.9 Å². The lowest BCUT2D eigenvalue weighted by molar-refractivity contribution is 0.0784. The minimum Gasteiger partial charge on any atom is -0.337 e. The van der Waals surface area contributed by atoms with E-state index in [1.807, 2.05) is 24.3 Å². The maximum absolute atomic E-state index is 12.5. The van der Waals surface area contributed by atoms with Crippen LogP contribution in [0, 0.1) is 3.57 Å². The molecule has 2 aromatic rings. The van der Waals surface area contributed by atoms with Crippen molar-refractivity contribution in [3.8, 4) is 0 Å². The third-order valence-corrected chi connectivity index (χ3v) is 4.88. The average Bonchev–Trinajstić information content (AvgIpc) is 2.43. The lowest BCUT2D eigenvalue weighted by Crippen LogP contribution is -2.26. The smallest absolute Gasteiger partial charge is 0.255 e. The van der Waals surface area contributed by atoms with Gasteiger partial charge in [-0.05, 0) is 74.4 Å². The van der Waals surface area contributed by atoms with Crippen LogP contribution < -0.4 is 0 Å². The van der Waals surface area contributed by atoms with Gasteiger partial charge in [-0.3, -0.25) is 4.79 Å². The Morgan fingerprint density at radius 3 is 2.62 bits per heavy atom.